The van der Waals surface area contributed by atoms with Crippen LogP contribution in [0.5, 0.6) is 0 Å². The third-order valence-electron chi connectivity index (χ3n) is 3.57. The van der Waals surface area contributed by atoms with Crippen LogP contribution in [0.1, 0.15) is 55.4 Å². The van der Waals surface area contributed by atoms with Crippen molar-refractivity contribution in [2.75, 3.05) is 26.2 Å². The zero-order valence-electron chi connectivity index (χ0n) is 16.8. The Morgan fingerprint density at radius 1 is 1.08 bits per heavy atom. The molecule has 0 saturated heterocycles. The number of nitrogens with zero attached hydrogens (tertiary/aromatic N) is 3. The molecule has 0 bridgehead atoms. The first-order valence-corrected chi connectivity index (χ1v) is 8.63. The number of allylic oxidation sites excluding steroid dienone is 2. The number of hydrogen-bond acceptors (Lipinski definition) is 3. The highest BCUT2D eigenvalue weighted by molar-refractivity contribution is 5.93. The molecule has 0 aromatic carbocycles. The number of amides is 1. The Labute approximate surface area is 148 Å². The third-order valence-corrected chi connectivity index (χ3v) is 3.57. The Kier molecular flexibility index (Phi) is 9.41. The van der Waals surface area contributed by atoms with E-state index in [9.17, 15) is 4.79 Å². The van der Waals surface area contributed by atoms with Gasteiger partial charge in [0.05, 0.1) is 0 Å². The Hall–Kier alpha value is -1.78. The largest absolute Gasteiger partial charge is 0.444 e. The fraction of sp³-hybridized carbons (Fsp3) is 0.684. The molecule has 0 aromatic rings. The number of hydrogen-bond donors (Lipinski definition) is 0. The van der Waals surface area contributed by atoms with Crippen molar-refractivity contribution in [3.63, 3.8) is 0 Å². The van der Waals surface area contributed by atoms with Gasteiger partial charge in [-0.15, -0.1) is 0 Å². The number of amidine groups is 1. The minimum absolute atomic E-state index is 0.279. The average Bonchev–Trinajstić information content (AvgIpc) is 2.47. The summed E-state index contributed by atoms with van der Waals surface area (Å²) in [4.78, 5) is 20.7. The lowest BCUT2D eigenvalue weighted by Crippen LogP contribution is -2.42. The highest BCUT2D eigenvalue weighted by Crippen LogP contribution is 2.10. The van der Waals surface area contributed by atoms with Gasteiger partial charge in [-0.2, -0.15) is 0 Å². The van der Waals surface area contributed by atoms with Gasteiger partial charge in [0, 0.05) is 31.9 Å². The van der Waals surface area contributed by atoms with E-state index in [0.29, 0.717) is 19.6 Å². The Balaban J connectivity index is 5.02. The van der Waals surface area contributed by atoms with Crippen LogP contribution < -0.4 is 0 Å². The molecule has 138 valence electrons. The third kappa shape index (κ3) is 8.18. The molecule has 5 nitrogen and oxygen atoms in total. The molecule has 0 aliphatic rings. The maximum atomic E-state index is 12.2. The topological polar surface area (TPSA) is 45.1 Å². The van der Waals surface area contributed by atoms with Crippen LogP contribution in [0.3, 0.4) is 0 Å². The van der Waals surface area contributed by atoms with E-state index in [1.54, 1.807) is 11.0 Å². The molecule has 1 amide bonds. The molecule has 0 radical (unpaired) electrons. The molecule has 0 aromatic heterocycles. The van der Waals surface area contributed by atoms with Crippen LogP contribution in [0, 0.1) is 0 Å². The lowest BCUT2D eigenvalue weighted by molar-refractivity contribution is 0.0253. The molecule has 0 atom stereocenters. The summed E-state index contributed by atoms with van der Waals surface area (Å²) in [6.45, 7) is 22.3. The van der Waals surface area contributed by atoms with Crippen molar-refractivity contribution in [2.24, 2.45) is 4.99 Å². The Bertz CT molecular complexity index is 483. The molecule has 5 heteroatoms. The Morgan fingerprint density at radius 3 is 1.96 bits per heavy atom. The molecule has 0 aliphatic heterocycles. The summed E-state index contributed by atoms with van der Waals surface area (Å²) in [6.07, 6.45) is 1.48. The predicted octanol–water partition coefficient (Wildman–Crippen LogP) is 4.46. The van der Waals surface area contributed by atoms with E-state index in [1.807, 2.05) is 48.5 Å². The van der Waals surface area contributed by atoms with E-state index in [4.69, 9.17) is 4.74 Å². The van der Waals surface area contributed by atoms with Crippen molar-refractivity contribution >= 4 is 11.9 Å². The monoisotopic (exact) mass is 337 g/mol. The van der Waals surface area contributed by atoms with Gasteiger partial charge < -0.3 is 14.5 Å². The van der Waals surface area contributed by atoms with E-state index >= 15 is 0 Å². The van der Waals surface area contributed by atoms with Gasteiger partial charge in [-0.1, -0.05) is 12.2 Å². The highest BCUT2D eigenvalue weighted by Gasteiger charge is 2.21. The summed E-state index contributed by atoms with van der Waals surface area (Å²) in [5, 5.41) is 0. The smallest absolute Gasteiger partial charge is 0.410 e. The lowest BCUT2D eigenvalue weighted by Gasteiger charge is -2.29. The molecule has 0 aliphatic carbocycles. The number of ether oxygens (including phenoxy) is 1. The average molecular weight is 338 g/mol. The molecule has 0 fully saturated rings. The fourth-order valence-electron chi connectivity index (χ4n) is 1.91. The summed E-state index contributed by atoms with van der Waals surface area (Å²) in [5.74, 6) is 0.830. The van der Waals surface area contributed by atoms with Crippen molar-refractivity contribution < 1.29 is 9.53 Å². The van der Waals surface area contributed by atoms with Gasteiger partial charge in [-0.05, 0) is 61.5 Å². The fourth-order valence-corrected chi connectivity index (χ4v) is 1.91. The molecule has 0 unspecified atom stereocenters. The number of aliphatic imine (C=N–C) groups is 1. The minimum atomic E-state index is -0.483. The summed E-state index contributed by atoms with van der Waals surface area (Å²) in [7, 11) is 0. The normalized spacial score (nSPS) is 11.8. The van der Waals surface area contributed by atoms with Gasteiger partial charge >= 0.3 is 6.09 Å². The first-order valence-electron chi connectivity index (χ1n) is 8.63. The van der Waals surface area contributed by atoms with Gasteiger partial charge in [-0.3, -0.25) is 0 Å². The zero-order valence-corrected chi connectivity index (χ0v) is 16.8. The zero-order chi connectivity index (χ0) is 18.9. The van der Waals surface area contributed by atoms with E-state index < -0.39 is 5.60 Å². The molecule has 0 spiro atoms. The molecule has 0 N–H and O–H groups in total. The van der Waals surface area contributed by atoms with Crippen molar-refractivity contribution in [1.82, 2.24) is 9.80 Å². The molecule has 0 heterocycles. The van der Waals surface area contributed by atoms with Crippen LogP contribution in [0.15, 0.2) is 28.9 Å². The van der Waals surface area contributed by atoms with Gasteiger partial charge in [-0.25, -0.2) is 9.79 Å². The second kappa shape index (κ2) is 10.2. The molecular weight excluding hydrogens is 302 g/mol. The van der Waals surface area contributed by atoms with Crippen molar-refractivity contribution in [1.29, 1.82) is 0 Å². The van der Waals surface area contributed by atoms with Gasteiger partial charge in [0.2, 0.25) is 0 Å². The van der Waals surface area contributed by atoms with E-state index in [1.165, 1.54) is 5.57 Å². The van der Waals surface area contributed by atoms with E-state index in [0.717, 1.165) is 18.1 Å². The van der Waals surface area contributed by atoms with Crippen molar-refractivity contribution in [3.8, 4) is 0 Å². The molecule has 0 rings (SSSR count). The van der Waals surface area contributed by atoms with E-state index in [-0.39, 0.29) is 6.09 Å². The standard InChI is InChI=1S/C19H35N3O2/c1-10-17(20-16(6)15(4)5)21(11-2)13-14-22(12-3)18(23)24-19(7,8)9/h10H,1,11-14H2,2-9H3. The van der Waals surface area contributed by atoms with E-state index in [2.05, 4.69) is 23.4 Å². The summed E-state index contributed by atoms with van der Waals surface area (Å²) in [6, 6.07) is 0. The van der Waals surface area contributed by atoms with Crippen LogP contribution >= 0.6 is 0 Å². The molecular formula is C19H35N3O2. The van der Waals surface area contributed by atoms with Crippen LogP contribution in [0.4, 0.5) is 4.79 Å². The minimum Gasteiger partial charge on any atom is -0.444 e. The van der Waals surface area contributed by atoms with Gasteiger partial charge in [0.1, 0.15) is 11.4 Å². The van der Waals surface area contributed by atoms with Gasteiger partial charge in [0.15, 0.2) is 0 Å². The summed E-state index contributed by atoms with van der Waals surface area (Å²) in [5.41, 5.74) is 1.68. The maximum Gasteiger partial charge on any atom is 0.410 e. The second-order valence-corrected chi connectivity index (χ2v) is 6.90. The number of carbonyl (C=O) groups excluding carboxylic acids is 1. The van der Waals surface area contributed by atoms with Crippen molar-refractivity contribution in [3.05, 3.63) is 23.9 Å². The molecule has 24 heavy (non-hydrogen) atoms. The van der Waals surface area contributed by atoms with Crippen LogP contribution in [-0.4, -0.2) is 53.5 Å². The quantitative estimate of drug-likeness (QED) is 0.509. The number of rotatable bonds is 7. The van der Waals surface area contributed by atoms with Gasteiger partial charge in [0.25, 0.3) is 0 Å². The van der Waals surface area contributed by atoms with Crippen LogP contribution in [-0.2, 0) is 4.74 Å². The summed E-state index contributed by atoms with van der Waals surface area (Å²) >= 11 is 0. The first-order chi connectivity index (χ1) is 11.1. The molecule has 0 saturated carbocycles. The highest BCUT2D eigenvalue weighted by atomic mass is 16.6. The first kappa shape index (κ1) is 22.2. The van der Waals surface area contributed by atoms with Crippen LogP contribution in [0.2, 0.25) is 0 Å². The number of likely N-dealkylation sites (N-methyl/N-ethyl adjacent to an activating group) is 2. The second-order valence-electron chi connectivity index (χ2n) is 6.90. The maximum absolute atomic E-state index is 12.2. The Morgan fingerprint density at radius 2 is 1.58 bits per heavy atom. The lowest BCUT2D eigenvalue weighted by atomic mass is 10.2. The SMILES string of the molecule is C=CC(=NC(C)=C(C)C)N(CC)CCN(CC)C(=O)OC(C)(C)C. The summed E-state index contributed by atoms with van der Waals surface area (Å²) < 4.78 is 5.45. The van der Waals surface area contributed by atoms with Crippen molar-refractivity contribution in [2.45, 2.75) is 61.0 Å². The predicted molar refractivity (Wildman–Crippen MR) is 102 cm³/mol. The van der Waals surface area contributed by atoms with Crippen LogP contribution in [0.25, 0.3) is 0 Å². The number of carbonyl (C=O) groups is 1.